The van der Waals surface area contributed by atoms with Gasteiger partial charge in [0, 0.05) is 31.3 Å². The van der Waals surface area contributed by atoms with Crippen LogP contribution in [0.1, 0.15) is 17.7 Å². The number of nitrogens with zero attached hydrogens (tertiary/aromatic N) is 4. The molecular weight excluding hydrogens is 286 g/mol. The summed E-state index contributed by atoms with van der Waals surface area (Å²) in [6.07, 6.45) is 1.96. The monoisotopic (exact) mass is 299 g/mol. The number of anilines is 1. The van der Waals surface area contributed by atoms with Crippen molar-refractivity contribution in [1.82, 2.24) is 9.78 Å². The van der Waals surface area contributed by atoms with Gasteiger partial charge in [0.15, 0.2) is 0 Å². The number of rotatable bonds is 5. The van der Waals surface area contributed by atoms with Crippen molar-refractivity contribution in [2.45, 2.75) is 19.9 Å². The van der Waals surface area contributed by atoms with Gasteiger partial charge in [0.05, 0.1) is 21.9 Å². The first-order valence-electron chi connectivity index (χ1n) is 6.48. The Bertz CT molecular complexity index is 760. The van der Waals surface area contributed by atoms with Gasteiger partial charge in [-0.15, -0.1) is 0 Å². The van der Waals surface area contributed by atoms with Gasteiger partial charge in [-0.1, -0.05) is 0 Å². The number of non-ortho nitro benzene ring substituents is 1. The minimum atomic E-state index is -0.591. The summed E-state index contributed by atoms with van der Waals surface area (Å²) in [6.45, 7) is 2.27. The molecule has 0 atom stereocenters. The zero-order valence-electron chi connectivity index (χ0n) is 11.8. The summed E-state index contributed by atoms with van der Waals surface area (Å²) < 4.78 is 1.65. The largest absolute Gasteiger partial charge is 0.325 e. The number of nitriles is 1. The molecule has 2 aromatic rings. The van der Waals surface area contributed by atoms with E-state index in [1.54, 1.807) is 10.9 Å². The molecule has 112 valence electrons. The highest BCUT2D eigenvalue weighted by molar-refractivity contribution is 5.92. The topological polar surface area (TPSA) is 114 Å². The molecule has 0 bridgehead atoms. The molecule has 8 heteroatoms. The second kappa shape index (κ2) is 6.49. The molecule has 22 heavy (non-hydrogen) atoms. The highest BCUT2D eigenvalue weighted by Crippen LogP contribution is 2.21. The van der Waals surface area contributed by atoms with Gasteiger partial charge in [0.2, 0.25) is 5.91 Å². The zero-order chi connectivity index (χ0) is 16.1. The summed E-state index contributed by atoms with van der Waals surface area (Å²) in [5.41, 5.74) is 0.983. The molecule has 0 spiro atoms. The molecule has 0 aliphatic rings. The minimum absolute atomic E-state index is 0.0532. The number of benzene rings is 1. The summed E-state index contributed by atoms with van der Waals surface area (Å²) in [6, 6.07) is 7.40. The number of hydrogen-bond donors (Lipinski definition) is 1. The number of hydrogen-bond acceptors (Lipinski definition) is 5. The van der Waals surface area contributed by atoms with E-state index < -0.39 is 4.92 Å². The van der Waals surface area contributed by atoms with Crippen LogP contribution < -0.4 is 5.32 Å². The van der Waals surface area contributed by atoms with E-state index in [9.17, 15) is 14.9 Å². The molecule has 1 N–H and O–H groups in total. The first kappa shape index (κ1) is 15.2. The fraction of sp³-hybridized carbons (Fsp3) is 0.214. The average molecular weight is 299 g/mol. The van der Waals surface area contributed by atoms with Crippen LogP contribution in [0, 0.1) is 28.4 Å². The smallest absolute Gasteiger partial charge is 0.270 e. The summed E-state index contributed by atoms with van der Waals surface area (Å²) in [5.74, 6) is -0.293. The quantitative estimate of drug-likeness (QED) is 0.670. The van der Waals surface area contributed by atoms with Crippen LogP contribution >= 0.6 is 0 Å². The first-order valence-corrected chi connectivity index (χ1v) is 6.48. The SMILES string of the molecule is Cc1ccn(CCC(=O)Nc2ccc([N+](=O)[O-])cc2C#N)n1. The van der Waals surface area contributed by atoms with Crippen LogP contribution in [0.25, 0.3) is 0 Å². The number of carbonyl (C=O) groups excluding carboxylic acids is 1. The lowest BCUT2D eigenvalue weighted by molar-refractivity contribution is -0.384. The molecule has 1 aromatic carbocycles. The number of aromatic nitrogens is 2. The maximum atomic E-state index is 11.9. The van der Waals surface area contributed by atoms with Crippen molar-refractivity contribution in [2.24, 2.45) is 0 Å². The molecular formula is C14H13N5O3. The van der Waals surface area contributed by atoms with Crippen molar-refractivity contribution in [3.63, 3.8) is 0 Å². The van der Waals surface area contributed by atoms with E-state index in [-0.39, 0.29) is 29.3 Å². The summed E-state index contributed by atoms with van der Waals surface area (Å²) in [7, 11) is 0. The maximum absolute atomic E-state index is 11.9. The second-order valence-electron chi connectivity index (χ2n) is 4.62. The lowest BCUT2D eigenvalue weighted by Gasteiger charge is -2.07. The van der Waals surface area contributed by atoms with Gasteiger partial charge in [0.25, 0.3) is 5.69 Å². The zero-order valence-corrected chi connectivity index (χ0v) is 11.8. The van der Waals surface area contributed by atoms with Crippen molar-refractivity contribution >= 4 is 17.3 Å². The highest BCUT2D eigenvalue weighted by atomic mass is 16.6. The van der Waals surface area contributed by atoms with Crippen LogP contribution in [0.4, 0.5) is 11.4 Å². The van der Waals surface area contributed by atoms with Crippen LogP contribution in [0.2, 0.25) is 0 Å². The predicted molar refractivity (Wildman–Crippen MR) is 78.0 cm³/mol. The molecule has 0 radical (unpaired) electrons. The Labute approximate surface area is 126 Å². The third-order valence-corrected chi connectivity index (χ3v) is 2.95. The maximum Gasteiger partial charge on any atom is 0.270 e. The van der Waals surface area contributed by atoms with Gasteiger partial charge in [0.1, 0.15) is 6.07 Å². The van der Waals surface area contributed by atoms with E-state index in [0.29, 0.717) is 6.54 Å². The summed E-state index contributed by atoms with van der Waals surface area (Å²) in [4.78, 5) is 22.0. The number of carbonyl (C=O) groups is 1. The van der Waals surface area contributed by atoms with Crippen LogP contribution in [0.5, 0.6) is 0 Å². The van der Waals surface area contributed by atoms with Crippen LogP contribution in [0.15, 0.2) is 30.5 Å². The molecule has 0 aliphatic carbocycles. The number of amides is 1. The van der Waals surface area contributed by atoms with Gasteiger partial charge in [-0.05, 0) is 19.1 Å². The van der Waals surface area contributed by atoms with Gasteiger partial charge in [-0.3, -0.25) is 19.6 Å². The molecule has 2 rings (SSSR count). The van der Waals surface area contributed by atoms with E-state index in [1.807, 2.05) is 19.1 Å². The molecule has 8 nitrogen and oxygen atoms in total. The normalized spacial score (nSPS) is 10.0. The molecule has 0 saturated heterocycles. The number of nitro benzene ring substituents is 1. The van der Waals surface area contributed by atoms with E-state index in [0.717, 1.165) is 11.8 Å². The Morgan fingerprint density at radius 3 is 2.86 bits per heavy atom. The Kier molecular flexibility index (Phi) is 4.48. The van der Waals surface area contributed by atoms with Crippen molar-refractivity contribution in [3.05, 3.63) is 51.8 Å². The van der Waals surface area contributed by atoms with Crippen LogP contribution in [-0.4, -0.2) is 20.6 Å². The molecule has 0 aliphatic heterocycles. The second-order valence-corrected chi connectivity index (χ2v) is 4.62. The Balaban J connectivity index is 2.02. The van der Waals surface area contributed by atoms with Crippen LogP contribution in [0.3, 0.4) is 0 Å². The predicted octanol–water partition coefficient (Wildman–Crippen LogP) is 2.00. The number of nitro groups is 1. The van der Waals surface area contributed by atoms with E-state index in [1.165, 1.54) is 12.1 Å². The van der Waals surface area contributed by atoms with Crippen molar-refractivity contribution in [2.75, 3.05) is 5.32 Å². The van der Waals surface area contributed by atoms with Gasteiger partial charge in [-0.2, -0.15) is 10.4 Å². The summed E-state index contributed by atoms with van der Waals surface area (Å²) >= 11 is 0. The Morgan fingerprint density at radius 1 is 1.50 bits per heavy atom. The summed E-state index contributed by atoms with van der Waals surface area (Å²) in [5, 5.41) is 26.4. The molecule has 1 heterocycles. The third kappa shape index (κ3) is 3.67. The first-order chi connectivity index (χ1) is 10.5. The van der Waals surface area contributed by atoms with Gasteiger partial charge < -0.3 is 5.32 Å². The molecule has 1 aromatic heterocycles. The van der Waals surface area contributed by atoms with Gasteiger partial charge in [-0.25, -0.2) is 0 Å². The standard InChI is InChI=1S/C14H13N5O3/c1-10-4-6-18(17-10)7-5-14(20)16-13-3-2-12(19(21)22)8-11(13)9-15/h2-4,6,8H,5,7H2,1H3,(H,16,20). The number of nitrogens with one attached hydrogen (secondary N) is 1. The fourth-order valence-electron chi connectivity index (χ4n) is 1.86. The fourth-order valence-corrected chi connectivity index (χ4v) is 1.86. The van der Waals surface area contributed by atoms with Crippen molar-refractivity contribution < 1.29 is 9.72 Å². The van der Waals surface area contributed by atoms with E-state index >= 15 is 0 Å². The minimum Gasteiger partial charge on any atom is -0.325 e. The molecule has 1 amide bonds. The average Bonchev–Trinajstić information content (AvgIpc) is 2.91. The van der Waals surface area contributed by atoms with E-state index in [2.05, 4.69) is 10.4 Å². The van der Waals surface area contributed by atoms with Gasteiger partial charge >= 0.3 is 0 Å². The lowest BCUT2D eigenvalue weighted by atomic mass is 10.1. The van der Waals surface area contributed by atoms with E-state index in [4.69, 9.17) is 5.26 Å². The molecule has 0 fully saturated rings. The lowest BCUT2D eigenvalue weighted by Crippen LogP contribution is -2.15. The Morgan fingerprint density at radius 2 is 2.27 bits per heavy atom. The highest BCUT2D eigenvalue weighted by Gasteiger charge is 2.12. The Hall–Kier alpha value is -3.21. The molecule has 0 unspecified atom stereocenters. The van der Waals surface area contributed by atoms with Crippen molar-refractivity contribution in [1.29, 1.82) is 5.26 Å². The molecule has 0 saturated carbocycles. The van der Waals surface area contributed by atoms with Crippen molar-refractivity contribution in [3.8, 4) is 6.07 Å². The van der Waals surface area contributed by atoms with Crippen LogP contribution in [-0.2, 0) is 11.3 Å². The third-order valence-electron chi connectivity index (χ3n) is 2.95. The number of aryl methyl sites for hydroxylation is 2.